The third-order valence-corrected chi connectivity index (χ3v) is 1.59. The largest absolute Gasteiger partial charge is 0.0904 e. The van der Waals surface area contributed by atoms with Crippen molar-refractivity contribution in [2.24, 2.45) is 0 Å². The molecule has 0 saturated heterocycles. The molecule has 47 valence electrons. The molecule has 0 aromatic rings. The minimum absolute atomic E-state index is 0.667. The zero-order valence-electron chi connectivity index (χ0n) is 6.56. The summed E-state index contributed by atoms with van der Waals surface area (Å²) in [6.45, 7) is 5.07. The second kappa shape index (κ2) is 6.32. The first-order chi connectivity index (χ1) is 4.35. The first-order valence-electron chi connectivity index (χ1n) is 3.90. The first-order valence-corrected chi connectivity index (χ1v) is 3.90. The average molecular weight is 119 g/mol. The van der Waals surface area contributed by atoms with E-state index in [1.54, 1.807) is 0 Å². The Hall–Kier alpha value is 0.195. The van der Waals surface area contributed by atoms with E-state index >= 15 is 0 Å². The Bertz CT molecular complexity index is 50.3. The highest BCUT2D eigenvalue weighted by molar-refractivity contribution is 7.31. The molecular weight excluding hydrogens is 105 g/mol. The van der Waals surface area contributed by atoms with E-state index in [0.717, 1.165) is 0 Å². The molecule has 0 saturated carbocycles. The maximum absolute atomic E-state index is 5.42. The highest BCUT2D eigenvalue weighted by Gasteiger charge is 2.06. The van der Waals surface area contributed by atoms with Crippen molar-refractivity contribution in [2.75, 3.05) is 0 Å². The Balaban J connectivity index is 3.18. The van der Waals surface area contributed by atoms with Crippen LogP contribution in [-0.2, 0) is 0 Å². The smallest absolute Gasteiger partial charge is 0.0821 e. The predicted octanol–water partition coefficient (Wildman–Crippen LogP) is 1.59. The van der Waals surface area contributed by atoms with Crippen LogP contribution in [0.5, 0.6) is 0 Å². The van der Waals surface area contributed by atoms with E-state index in [9.17, 15) is 0 Å². The van der Waals surface area contributed by atoms with Crippen LogP contribution in [0.15, 0.2) is 0 Å². The molecule has 0 fully saturated rings. The zero-order valence-corrected chi connectivity index (χ0v) is 6.56. The van der Waals surface area contributed by atoms with Crippen LogP contribution in [0.1, 0.15) is 26.7 Å². The van der Waals surface area contributed by atoms with Gasteiger partial charge >= 0.3 is 0 Å². The van der Waals surface area contributed by atoms with Crippen LogP contribution in [0.4, 0.5) is 0 Å². The molecule has 9 heavy (non-hydrogen) atoms. The summed E-state index contributed by atoms with van der Waals surface area (Å²) in [5, 5.41) is 0. The van der Waals surface area contributed by atoms with E-state index in [0.29, 0.717) is 6.60 Å². The Morgan fingerprint density at radius 2 is 1.67 bits per heavy atom. The molecule has 0 aromatic carbocycles. The van der Waals surface area contributed by atoms with Crippen LogP contribution in [0, 0.1) is 0 Å². The lowest BCUT2D eigenvalue weighted by Crippen LogP contribution is -2.21. The first kappa shape index (κ1) is 9.19. The second-order valence-electron chi connectivity index (χ2n) is 2.53. The van der Waals surface area contributed by atoms with Gasteiger partial charge in [-0.15, -0.1) is 0 Å². The lowest BCUT2D eigenvalue weighted by atomic mass is 9.11. The molecule has 0 rings (SSSR count). The molecule has 0 atom stereocenters. The van der Waals surface area contributed by atoms with Crippen molar-refractivity contribution >= 4 is 21.4 Å². The monoisotopic (exact) mass is 119 g/mol. The van der Waals surface area contributed by atoms with Gasteiger partial charge in [0.25, 0.3) is 0 Å². The van der Waals surface area contributed by atoms with Gasteiger partial charge in [0.15, 0.2) is 0 Å². The van der Waals surface area contributed by atoms with Gasteiger partial charge in [0.2, 0.25) is 0 Å². The van der Waals surface area contributed by atoms with Crippen LogP contribution in [0.25, 0.3) is 0 Å². The topological polar surface area (TPSA) is 0 Å². The Labute approximate surface area is 61.5 Å². The molecule has 0 heterocycles. The van der Waals surface area contributed by atoms with Crippen molar-refractivity contribution < 1.29 is 0 Å². The molecule has 3 heteroatoms. The summed E-state index contributed by atoms with van der Waals surface area (Å²) >= 11 is 0. The van der Waals surface area contributed by atoms with Gasteiger partial charge in [-0.25, -0.2) is 0 Å². The lowest BCUT2D eigenvalue weighted by Gasteiger charge is -2.06. The molecule has 0 aromatic heterocycles. The summed E-state index contributed by atoms with van der Waals surface area (Å²) in [4.78, 5) is 0. The molecular formula is C6H14B3. The van der Waals surface area contributed by atoms with E-state index in [1.807, 2.05) is 7.06 Å². The minimum Gasteiger partial charge on any atom is -0.0821 e. The summed E-state index contributed by atoms with van der Waals surface area (Å²) in [6.07, 6.45) is 5.01. The van der Waals surface area contributed by atoms with Gasteiger partial charge in [-0.05, 0) is 0 Å². The molecule has 0 spiro atoms. The number of hydrogen-bond donors (Lipinski definition) is 0. The second-order valence-corrected chi connectivity index (χ2v) is 2.53. The fraction of sp³-hybridized carbons (Fsp3) is 1.00. The molecule has 0 nitrogen and oxygen atoms in total. The van der Waals surface area contributed by atoms with Gasteiger partial charge < -0.3 is 0 Å². The average Bonchev–Trinajstić information content (AvgIpc) is 1.88. The maximum atomic E-state index is 5.42. The summed E-state index contributed by atoms with van der Waals surface area (Å²) in [5.41, 5.74) is 0. The molecule has 0 aliphatic heterocycles. The fourth-order valence-electron chi connectivity index (χ4n) is 1.08. The summed E-state index contributed by atoms with van der Waals surface area (Å²) in [7, 11) is 7.26. The molecule has 3 radical (unpaired) electrons. The molecule has 0 aliphatic carbocycles. The van der Waals surface area contributed by atoms with Crippen molar-refractivity contribution in [2.45, 2.75) is 39.3 Å². The maximum Gasteiger partial charge on any atom is 0.0904 e. The van der Waals surface area contributed by atoms with E-state index in [-0.39, 0.29) is 0 Å². The number of hydrogen-bond acceptors (Lipinski definition) is 0. The van der Waals surface area contributed by atoms with Crippen molar-refractivity contribution in [1.29, 1.82) is 0 Å². The van der Waals surface area contributed by atoms with Crippen molar-refractivity contribution in [1.82, 2.24) is 0 Å². The third kappa shape index (κ3) is 4.68. The highest BCUT2D eigenvalue weighted by Crippen LogP contribution is 2.02. The van der Waals surface area contributed by atoms with E-state index in [1.165, 1.54) is 25.5 Å². The minimum atomic E-state index is 0.667. The van der Waals surface area contributed by atoms with Gasteiger partial charge in [-0.2, -0.15) is 0 Å². The molecule has 0 aliphatic rings. The van der Waals surface area contributed by atoms with Crippen LogP contribution in [0.2, 0.25) is 12.6 Å². The van der Waals surface area contributed by atoms with Crippen LogP contribution < -0.4 is 0 Å². The van der Waals surface area contributed by atoms with E-state index in [4.69, 9.17) is 7.74 Å². The number of rotatable bonds is 5. The Morgan fingerprint density at radius 3 is 1.89 bits per heavy atom. The van der Waals surface area contributed by atoms with Crippen LogP contribution in [-0.4, -0.2) is 21.4 Å². The quantitative estimate of drug-likeness (QED) is 0.481. The standard InChI is InChI=1S/C6H14B3/c1-3-5-9(8-7)6-4-2/h3-6H2,1-2H3. The molecule has 0 bridgehead atoms. The van der Waals surface area contributed by atoms with Crippen molar-refractivity contribution in [3.05, 3.63) is 0 Å². The van der Waals surface area contributed by atoms with Crippen molar-refractivity contribution in [3.8, 4) is 0 Å². The van der Waals surface area contributed by atoms with Gasteiger partial charge in [0, 0.05) is 14.8 Å². The summed E-state index contributed by atoms with van der Waals surface area (Å²) < 4.78 is 0. The molecule has 0 N–H and O–H groups in total. The van der Waals surface area contributed by atoms with Crippen LogP contribution >= 0.6 is 0 Å². The lowest BCUT2D eigenvalue weighted by molar-refractivity contribution is 1.02. The van der Waals surface area contributed by atoms with Gasteiger partial charge in [-0.3, -0.25) is 0 Å². The SMILES string of the molecule is [B][B]B(CCC)CCC. The summed E-state index contributed by atoms with van der Waals surface area (Å²) in [5.74, 6) is 0. The van der Waals surface area contributed by atoms with Gasteiger partial charge in [-0.1, -0.05) is 39.3 Å². The Kier molecular flexibility index (Phi) is 6.45. The Morgan fingerprint density at radius 1 is 1.22 bits per heavy atom. The molecule has 0 unspecified atom stereocenters. The normalized spacial score (nSPS) is 9.11. The van der Waals surface area contributed by atoms with Crippen LogP contribution in [0.3, 0.4) is 0 Å². The van der Waals surface area contributed by atoms with E-state index in [2.05, 4.69) is 13.8 Å². The van der Waals surface area contributed by atoms with Crippen molar-refractivity contribution in [3.63, 3.8) is 0 Å². The molecule has 0 amide bonds. The van der Waals surface area contributed by atoms with Gasteiger partial charge in [0.05, 0.1) is 6.60 Å². The predicted molar refractivity (Wildman–Crippen MR) is 47.5 cm³/mol. The fourth-order valence-corrected chi connectivity index (χ4v) is 1.08. The summed E-state index contributed by atoms with van der Waals surface area (Å²) in [6, 6.07) is 0. The zero-order chi connectivity index (χ0) is 7.11. The highest BCUT2D eigenvalue weighted by atomic mass is 13.7. The van der Waals surface area contributed by atoms with Gasteiger partial charge in [0.1, 0.15) is 0 Å². The van der Waals surface area contributed by atoms with E-state index < -0.39 is 0 Å². The third-order valence-electron chi connectivity index (χ3n) is 1.59.